The van der Waals surface area contributed by atoms with Gasteiger partial charge in [0.05, 0.1) is 19.2 Å². The first-order valence-electron chi connectivity index (χ1n) is 8.48. The maximum atomic E-state index is 12.7. The normalized spacial score (nSPS) is 14.9. The number of anilines is 1. The lowest BCUT2D eigenvalue weighted by atomic mass is 10.1. The molecule has 132 valence electrons. The Bertz CT molecular complexity index is 760. The Kier molecular flexibility index (Phi) is 5.24. The van der Waals surface area contributed by atoms with Gasteiger partial charge in [-0.25, -0.2) is 4.79 Å². The number of carbonyl (C=O) groups excluding carboxylic acids is 1. The van der Waals surface area contributed by atoms with Gasteiger partial charge in [0.15, 0.2) is 0 Å². The number of rotatable bonds is 3. The number of carbonyl (C=O) groups is 1. The number of methoxy groups -OCH3 is 1. The van der Waals surface area contributed by atoms with Crippen LogP contribution in [0.3, 0.4) is 0 Å². The minimum atomic E-state index is -0.125. The summed E-state index contributed by atoms with van der Waals surface area (Å²) < 4.78 is 11.1. The molecule has 1 N–H and O–H groups in total. The standard InChI is InChI=1S/C20H24N2O3/c1-14-7-8-19-17(11-14)13-22(9-10-25-19)20(23)21-18-6-4-5-16(12-18)15(2)24-3/h4-8,11-12,15H,9-10,13H2,1-3H3,(H,21,23). The van der Waals surface area contributed by atoms with Crippen molar-refractivity contribution in [3.05, 3.63) is 59.2 Å². The number of urea groups is 1. The zero-order chi connectivity index (χ0) is 17.8. The first kappa shape index (κ1) is 17.3. The Labute approximate surface area is 148 Å². The van der Waals surface area contributed by atoms with E-state index in [4.69, 9.17) is 9.47 Å². The van der Waals surface area contributed by atoms with Crippen molar-refractivity contribution in [1.29, 1.82) is 0 Å². The van der Waals surface area contributed by atoms with Crippen LogP contribution in [0.4, 0.5) is 10.5 Å². The molecule has 0 saturated carbocycles. The highest BCUT2D eigenvalue weighted by Crippen LogP contribution is 2.25. The van der Waals surface area contributed by atoms with Crippen molar-refractivity contribution in [2.24, 2.45) is 0 Å². The molecule has 1 aliphatic rings. The Morgan fingerprint density at radius 1 is 1.28 bits per heavy atom. The van der Waals surface area contributed by atoms with E-state index in [1.165, 1.54) is 0 Å². The van der Waals surface area contributed by atoms with E-state index < -0.39 is 0 Å². The van der Waals surface area contributed by atoms with Crippen molar-refractivity contribution in [3.63, 3.8) is 0 Å². The SMILES string of the molecule is COC(C)c1cccc(NC(=O)N2CCOc3ccc(C)cc3C2)c1. The first-order chi connectivity index (χ1) is 12.1. The molecule has 1 aliphatic heterocycles. The second kappa shape index (κ2) is 7.57. The van der Waals surface area contributed by atoms with Gasteiger partial charge in [0, 0.05) is 18.4 Å². The molecule has 25 heavy (non-hydrogen) atoms. The van der Waals surface area contributed by atoms with Crippen molar-refractivity contribution in [2.75, 3.05) is 25.6 Å². The van der Waals surface area contributed by atoms with Gasteiger partial charge >= 0.3 is 6.03 Å². The Balaban J connectivity index is 1.73. The number of hydrogen-bond acceptors (Lipinski definition) is 3. The van der Waals surface area contributed by atoms with Gasteiger partial charge < -0.3 is 19.7 Å². The van der Waals surface area contributed by atoms with Gasteiger partial charge in [0.2, 0.25) is 0 Å². The molecule has 2 aromatic rings. The van der Waals surface area contributed by atoms with Crippen LogP contribution in [0, 0.1) is 6.92 Å². The van der Waals surface area contributed by atoms with Crippen LogP contribution in [0.1, 0.15) is 29.7 Å². The van der Waals surface area contributed by atoms with Crippen LogP contribution in [-0.2, 0) is 11.3 Å². The van der Waals surface area contributed by atoms with Gasteiger partial charge in [-0.05, 0) is 37.6 Å². The molecule has 5 nitrogen and oxygen atoms in total. The predicted octanol–water partition coefficient (Wildman–Crippen LogP) is 4.13. The molecule has 0 fully saturated rings. The van der Waals surface area contributed by atoms with Gasteiger partial charge in [-0.15, -0.1) is 0 Å². The summed E-state index contributed by atoms with van der Waals surface area (Å²) in [7, 11) is 1.67. The van der Waals surface area contributed by atoms with Crippen molar-refractivity contribution in [3.8, 4) is 5.75 Å². The second-order valence-corrected chi connectivity index (χ2v) is 6.31. The molecule has 0 aliphatic carbocycles. The zero-order valence-electron chi connectivity index (χ0n) is 14.9. The van der Waals surface area contributed by atoms with Crippen LogP contribution in [0.5, 0.6) is 5.75 Å². The molecule has 3 rings (SSSR count). The van der Waals surface area contributed by atoms with E-state index in [0.717, 1.165) is 28.1 Å². The summed E-state index contributed by atoms with van der Waals surface area (Å²) in [6.45, 7) is 5.60. The van der Waals surface area contributed by atoms with Crippen molar-refractivity contribution >= 4 is 11.7 Å². The molecular weight excluding hydrogens is 316 g/mol. The Morgan fingerprint density at radius 3 is 2.92 bits per heavy atom. The topological polar surface area (TPSA) is 50.8 Å². The van der Waals surface area contributed by atoms with E-state index in [0.29, 0.717) is 19.7 Å². The van der Waals surface area contributed by atoms with Crippen LogP contribution in [-0.4, -0.2) is 31.2 Å². The van der Waals surface area contributed by atoms with Crippen LogP contribution in [0.2, 0.25) is 0 Å². The van der Waals surface area contributed by atoms with Crippen molar-refractivity contribution in [2.45, 2.75) is 26.5 Å². The van der Waals surface area contributed by atoms with Crippen molar-refractivity contribution < 1.29 is 14.3 Å². The molecule has 1 unspecified atom stereocenters. The number of nitrogens with zero attached hydrogens (tertiary/aromatic N) is 1. The maximum absolute atomic E-state index is 12.7. The highest BCUT2D eigenvalue weighted by Gasteiger charge is 2.20. The zero-order valence-corrected chi connectivity index (χ0v) is 14.9. The van der Waals surface area contributed by atoms with Crippen LogP contribution >= 0.6 is 0 Å². The summed E-state index contributed by atoms with van der Waals surface area (Å²) in [4.78, 5) is 14.5. The molecule has 2 aromatic carbocycles. The number of ether oxygens (including phenoxy) is 2. The fourth-order valence-corrected chi connectivity index (χ4v) is 2.90. The first-order valence-corrected chi connectivity index (χ1v) is 8.48. The van der Waals surface area contributed by atoms with Gasteiger partial charge in [-0.2, -0.15) is 0 Å². The van der Waals surface area contributed by atoms with Crippen LogP contribution < -0.4 is 10.1 Å². The van der Waals surface area contributed by atoms with E-state index in [1.54, 1.807) is 12.0 Å². The quantitative estimate of drug-likeness (QED) is 0.914. The van der Waals surface area contributed by atoms with Gasteiger partial charge in [0.25, 0.3) is 0 Å². The lowest BCUT2D eigenvalue weighted by Crippen LogP contribution is -2.36. The molecule has 2 amide bonds. The fraction of sp³-hybridized carbons (Fsp3) is 0.350. The number of amides is 2. The molecule has 1 heterocycles. The largest absolute Gasteiger partial charge is 0.491 e. The number of benzene rings is 2. The van der Waals surface area contributed by atoms with E-state index in [1.807, 2.05) is 50.2 Å². The second-order valence-electron chi connectivity index (χ2n) is 6.31. The Hall–Kier alpha value is -2.53. The van der Waals surface area contributed by atoms with E-state index in [2.05, 4.69) is 11.4 Å². The third-order valence-corrected chi connectivity index (χ3v) is 4.44. The summed E-state index contributed by atoms with van der Waals surface area (Å²) in [5.74, 6) is 0.858. The average molecular weight is 340 g/mol. The fourth-order valence-electron chi connectivity index (χ4n) is 2.90. The summed E-state index contributed by atoms with van der Waals surface area (Å²) in [6, 6.07) is 13.7. The predicted molar refractivity (Wildman–Crippen MR) is 98.0 cm³/mol. The monoisotopic (exact) mass is 340 g/mol. The molecule has 1 atom stereocenters. The van der Waals surface area contributed by atoms with Crippen LogP contribution in [0.25, 0.3) is 0 Å². The average Bonchev–Trinajstić information content (AvgIpc) is 2.83. The minimum absolute atomic E-state index is 0.0155. The Morgan fingerprint density at radius 2 is 2.12 bits per heavy atom. The molecule has 0 bridgehead atoms. The molecule has 0 aromatic heterocycles. The summed E-state index contributed by atoms with van der Waals surface area (Å²) in [5.41, 5.74) is 3.99. The van der Waals surface area contributed by atoms with E-state index in [-0.39, 0.29) is 12.1 Å². The number of hydrogen-bond donors (Lipinski definition) is 1. The van der Waals surface area contributed by atoms with Crippen molar-refractivity contribution in [1.82, 2.24) is 4.90 Å². The smallest absolute Gasteiger partial charge is 0.322 e. The van der Waals surface area contributed by atoms with E-state index >= 15 is 0 Å². The molecule has 5 heteroatoms. The molecule has 0 radical (unpaired) electrons. The highest BCUT2D eigenvalue weighted by molar-refractivity contribution is 5.89. The lowest BCUT2D eigenvalue weighted by molar-refractivity contribution is 0.119. The molecular formula is C20H24N2O3. The lowest BCUT2D eigenvalue weighted by Gasteiger charge is -2.21. The van der Waals surface area contributed by atoms with Gasteiger partial charge in [0.1, 0.15) is 12.4 Å². The number of nitrogens with one attached hydrogen (secondary N) is 1. The van der Waals surface area contributed by atoms with E-state index in [9.17, 15) is 4.79 Å². The number of aryl methyl sites for hydroxylation is 1. The number of fused-ring (bicyclic) bond motifs is 1. The summed E-state index contributed by atoms with van der Waals surface area (Å²) in [6.07, 6.45) is -0.0155. The third-order valence-electron chi connectivity index (χ3n) is 4.44. The molecule has 0 saturated heterocycles. The van der Waals surface area contributed by atoms with Gasteiger partial charge in [-0.3, -0.25) is 0 Å². The van der Waals surface area contributed by atoms with Crippen LogP contribution in [0.15, 0.2) is 42.5 Å². The summed E-state index contributed by atoms with van der Waals surface area (Å²) in [5, 5.41) is 2.98. The van der Waals surface area contributed by atoms with Gasteiger partial charge in [-0.1, -0.05) is 29.8 Å². The maximum Gasteiger partial charge on any atom is 0.322 e. The summed E-state index contributed by atoms with van der Waals surface area (Å²) >= 11 is 0. The minimum Gasteiger partial charge on any atom is -0.491 e. The highest BCUT2D eigenvalue weighted by atomic mass is 16.5. The molecule has 0 spiro atoms. The third kappa shape index (κ3) is 4.12.